The molecule has 168 valence electrons. The first-order chi connectivity index (χ1) is 15.5. The van der Waals surface area contributed by atoms with Crippen LogP contribution in [0.25, 0.3) is 5.69 Å². The Hall–Kier alpha value is -3.46. The Bertz CT molecular complexity index is 1090. The molecule has 9 heteroatoms. The van der Waals surface area contributed by atoms with E-state index in [-0.39, 0.29) is 29.3 Å². The summed E-state index contributed by atoms with van der Waals surface area (Å²) in [7, 11) is 3.77. The minimum atomic E-state index is -0.748. The van der Waals surface area contributed by atoms with E-state index in [9.17, 15) is 4.79 Å². The number of pyridine rings is 1. The molecule has 1 fully saturated rings. The Morgan fingerprint density at radius 1 is 1.25 bits per heavy atom. The number of nitrogens with two attached hydrogens (primary N) is 1. The molecule has 0 radical (unpaired) electrons. The van der Waals surface area contributed by atoms with Crippen molar-refractivity contribution < 1.29 is 9.18 Å². The molecule has 2 unspecified atom stereocenters. The van der Waals surface area contributed by atoms with Crippen molar-refractivity contribution >= 4 is 23.2 Å². The standard InChI is InChI=1S/C23H28FN7O/c1-26-19-9-3-4-10-20(19)30(2)23-18(24)14-17(21(25)32)22(29-23)28-15-7-5-8-16(13-15)31-12-6-11-27-31/h5-8,11-14,19-20,26H,3-4,9-10H2,1-2H3,(H2,25,32)(H,28,29). The van der Waals surface area contributed by atoms with Crippen LogP contribution in [0.1, 0.15) is 36.0 Å². The molecule has 4 N–H and O–H groups in total. The van der Waals surface area contributed by atoms with Crippen LogP contribution in [0, 0.1) is 5.82 Å². The van der Waals surface area contributed by atoms with Gasteiger partial charge in [-0.1, -0.05) is 18.9 Å². The van der Waals surface area contributed by atoms with E-state index in [1.54, 1.807) is 10.9 Å². The van der Waals surface area contributed by atoms with E-state index < -0.39 is 11.7 Å². The third-order valence-corrected chi connectivity index (χ3v) is 6.03. The van der Waals surface area contributed by atoms with Crippen molar-refractivity contribution in [1.29, 1.82) is 0 Å². The Kier molecular flexibility index (Phi) is 6.36. The van der Waals surface area contributed by atoms with Crippen LogP contribution in [0.15, 0.2) is 48.8 Å². The minimum absolute atomic E-state index is 0.00190. The molecular weight excluding hydrogens is 409 g/mol. The van der Waals surface area contributed by atoms with Crippen LogP contribution in [0.5, 0.6) is 0 Å². The first kappa shape index (κ1) is 21.8. The highest BCUT2D eigenvalue weighted by Crippen LogP contribution is 2.30. The smallest absolute Gasteiger partial charge is 0.252 e. The quantitative estimate of drug-likeness (QED) is 0.525. The third kappa shape index (κ3) is 4.43. The molecule has 2 atom stereocenters. The molecule has 3 aromatic rings. The van der Waals surface area contributed by atoms with Gasteiger partial charge in [-0.15, -0.1) is 0 Å². The number of anilines is 3. The number of hydrogen-bond donors (Lipinski definition) is 3. The van der Waals surface area contributed by atoms with Gasteiger partial charge in [0.15, 0.2) is 11.6 Å². The predicted octanol–water partition coefficient (Wildman–Crippen LogP) is 3.22. The number of nitrogens with one attached hydrogen (secondary N) is 2. The van der Waals surface area contributed by atoms with Crippen LogP contribution >= 0.6 is 0 Å². The summed E-state index contributed by atoms with van der Waals surface area (Å²) in [6.45, 7) is 0. The number of benzene rings is 1. The summed E-state index contributed by atoms with van der Waals surface area (Å²) in [6, 6.07) is 10.8. The van der Waals surface area contributed by atoms with Gasteiger partial charge >= 0.3 is 0 Å². The highest BCUT2D eigenvalue weighted by Gasteiger charge is 2.30. The predicted molar refractivity (Wildman–Crippen MR) is 123 cm³/mol. The molecule has 1 saturated carbocycles. The molecule has 1 aliphatic carbocycles. The average Bonchev–Trinajstić information content (AvgIpc) is 3.34. The number of carbonyl (C=O) groups excluding carboxylic acids is 1. The Labute approximate surface area is 186 Å². The maximum Gasteiger partial charge on any atom is 0.252 e. The number of halogens is 1. The first-order valence-corrected chi connectivity index (χ1v) is 10.8. The van der Waals surface area contributed by atoms with Gasteiger partial charge in [0.25, 0.3) is 5.91 Å². The van der Waals surface area contributed by atoms with Gasteiger partial charge in [0.1, 0.15) is 5.82 Å². The Morgan fingerprint density at radius 3 is 2.78 bits per heavy atom. The van der Waals surface area contributed by atoms with Crippen LogP contribution in [0.2, 0.25) is 0 Å². The molecular formula is C23H28FN7O. The summed E-state index contributed by atoms with van der Waals surface area (Å²) in [5, 5.41) is 10.7. The topological polar surface area (TPSA) is 101 Å². The number of carbonyl (C=O) groups is 1. The molecule has 0 spiro atoms. The van der Waals surface area contributed by atoms with Crippen LogP contribution in [0.4, 0.5) is 21.7 Å². The molecule has 1 aromatic carbocycles. The molecule has 0 bridgehead atoms. The molecule has 1 amide bonds. The number of primary amides is 1. The summed E-state index contributed by atoms with van der Waals surface area (Å²) in [5.41, 5.74) is 7.04. The van der Waals surface area contributed by atoms with Gasteiger partial charge in [-0.05, 0) is 50.2 Å². The van der Waals surface area contributed by atoms with Crippen molar-refractivity contribution in [3.63, 3.8) is 0 Å². The van der Waals surface area contributed by atoms with Crippen molar-refractivity contribution in [2.45, 2.75) is 37.8 Å². The normalized spacial score (nSPS) is 18.3. The average molecular weight is 438 g/mol. The van der Waals surface area contributed by atoms with Crippen molar-refractivity contribution in [1.82, 2.24) is 20.1 Å². The van der Waals surface area contributed by atoms with Crippen LogP contribution in [-0.4, -0.2) is 46.9 Å². The van der Waals surface area contributed by atoms with Crippen LogP contribution < -0.4 is 21.3 Å². The summed E-state index contributed by atoms with van der Waals surface area (Å²) in [6.07, 6.45) is 7.72. The van der Waals surface area contributed by atoms with Crippen molar-refractivity contribution in [2.24, 2.45) is 5.73 Å². The summed E-state index contributed by atoms with van der Waals surface area (Å²) < 4.78 is 16.8. The molecule has 1 aliphatic rings. The van der Waals surface area contributed by atoms with E-state index in [0.29, 0.717) is 5.69 Å². The highest BCUT2D eigenvalue weighted by molar-refractivity contribution is 5.98. The fourth-order valence-electron chi connectivity index (χ4n) is 4.36. The molecule has 4 rings (SSSR count). The lowest BCUT2D eigenvalue weighted by molar-refractivity contribution is 0.100. The van der Waals surface area contributed by atoms with E-state index in [2.05, 4.69) is 20.7 Å². The lowest BCUT2D eigenvalue weighted by Gasteiger charge is -2.38. The second-order valence-electron chi connectivity index (χ2n) is 8.04. The van der Waals surface area contributed by atoms with Crippen LogP contribution in [0.3, 0.4) is 0 Å². The van der Waals surface area contributed by atoms with Crippen molar-refractivity contribution in [3.8, 4) is 5.69 Å². The zero-order valence-corrected chi connectivity index (χ0v) is 18.3. The number of likely N-dealkylation sites (N-methyl/N-ethyl adjacent to an activating group) is 2. The molecule has 8 nitrogen and oxygen atoms in total. The SMILES string of the molecule is CNC1CCCCC1N(C)c1nc(Nc2cccc(-n3cccn3)c2)c(C(N)=O)cc1F. The molecule has 2 heterocycles. The second-order valence-corrected chi connectivity index (χ2v) is 8.04. The zero-order valence-electron chi connectivity index (χ0n) is 18.3. The fraction of sp³-hybridized carbons (Fsp3) is 0.348. The van der Waals surface area contributed by atoms with Gasteiger partial charge in [0.2, 0.25) is 0 Å². The second kappa shape index (κ2) is 9.35. The summed E-state index contributed by atoms with van der Waals surface area (Å²) in [5.74, 6) is -0.914. The summed E-state index contributed by atoms with van der Waals surface area (Å²) in [4.78, 5) is 18.4. The van der Waals surface area contributed by atoms with Crippen molar-refractivity contribution in [3.05, 3.63) is 60.2 Å². The Morgan fingerprint density at radius 2 is 2.06 bits per heavy atom. The third-order valence-electron chi connectivity index (χ3n) is 6.03. The van der Waals surface area contributed by atoms with E-state index >= 15 is 4.39 Å². The molecule has 0 saturated heterocycles. The van der Waals surface area contributed by atoms with E-state index in [1.807, 2.05) is 55.5 Å². The summed E-state index contributed by atoms with van der Waals surface area (Å²) >= 11 is 0. The van der Waals surface area contributed by atoms with Gasteiger partial charge in [-0.25, -0.2) is 14.1 Å². The monoisotopic (exact) mass is 437 g/mol. The van der Waals surface area contributed by atoms with Gasteiger partial charge in [0.05, 0.1) is 11.3 Å². The van der Waals surface area contributed by atoms with Gasteiger partial charge < -0.3 is 21.3 Å². The van der Waals surface area contributed by atoms with Gasteiger partial charge in [0, 0.05) is 37.2 Å². The van der Waals surface area contributed by atoms with E-state index in [1.165, 1.54) is 0 Å². The fourth-order valence-corrected chi connectivity index (χ4v) is 4.36. The van der Waals surface area contributed by atoms with Crippen LogP contribution in [-0.2, 0) is 0 Å². The lowest BCUT2D eigenvalue weighted by Crippen LogP contribution is -2.50. The number of amides is 1. The van der Waals surface area contributed by atoms with E-state index in [4.69, 9.17) is 5.73 Å². The van der Waals surface area contributed by atoms with Gasteiger partial charge in [-0.2, -0.15) is 5.10 Å². The number of aromatic nitrogens is 3. The molecule has 0 aliphatic heterocycles. The lowest BCUT2D eigenvalue weighted by atomic mass is 9.89. The highest BCUT2D eigenvalue weighted by atomic mass is 19.1. The van der Waals surface area contributed by atoms with Gasteiger partial charge in [-0.3, -0.25) is 4.79 Å². The maximum absolute atomic E-state index is 15.0. The number of nitrogens with zero attached hydrogens (tertiary/aromatic N) is 4. The number of rotatable bonds is 7. The van der Waals surface area contributed by atoms with E-state index in [0.717, 1.165) is 37.4 Å². The largest absolute Gasteiger partial charge is 0.365 e. The Balaban J connectivity index is 1.69. The minimum Gasteiger partial charge on any atom is -0.365 e. The number of hydrogen-bond acceptors (Lipinski definition) is 6. The maximum atomic E-state index is 15.0. The van der Waals surface area contributed by atoms with Crippen molar-refractivity contribution in [2.75, 3.05) is 24.3 Å². The zero-order chi connectivity index (χ0) is 22.7. The first-order valence-electron chi connectivity index (χ1n) is 10.8. The molecule has 32 heavy (non-hydrogen) atoms. The molecule has 2 aromatic heterocycles.